The van der Waals surface area contributed by atoms with E-state index >= 15 is 0 Å². The Hall–Kier alpha value is -3.55. The molecule has 1 aliphatic rings. The molecule has 7 nitrogen and oxygen atoms in total. The van der Waals surface area contributed by atoms with Gasteiger partial charge >= 0.3 is 5.97 Å². The highest BCUT2D eigenvalue weighted by atomic mass is 19.1. The van der Waals surface area contributed by atoms with Gasteiger partial charge in [0.2, 0.25) is 5.88 Å². The molecule has 172 valence electrons. The Labute approximate surface area is 191 Å². The number of halogens is 1. The SMILES string of the molecule is CCOc1cc(-c2ncc(C3CCc4ccc(CC(C)C(=O)O)cc4O3)nc2C)c(F)cn1. The Morgan fingerprint density at radius 1 is 1.30 bits per heavy atom. The van der Waals surface area contributed by atoms with Crippen LogP contribution in [0, 0.1) is 18.7 Å². The van der Waals surface area contributed by atoms with Gasteiger partial charge in [0.25, 0.3) is 0 Å². The van der Waals surface area contributed by atoms with Crippen LogP contribution in [-0.4, -0.2) is 32.6 Å². The zero-order chi connectivity index (χ0) is 23.5. The van der Waals surface area contributed by atoms with Crippen LogP contribution in [0.25, 0.3) is 11.3 Å². The number of rotatable bonds is 7. The first-order valence-electron chi connectivity index (χ1n) is 11.0. The minimum Gasteiger partial charge on any atom is -0.484 e. The number of pyridine rings is 1. The van der Waals surface area contributed by atoms with E-state index in [1.165, 1.54) is 6.07 Å². The molecule has 1 aromatic carbocycles. The van der Waals surface area contributed by atoms with Crippen molar-refractivity contribution in [2.45, 2.75) is 46.1 Å². The van der Waals surface area contributed by atoms with Crippen LogP contribution >= 0.6 is 0 Å². The highest BCUT2D eigenvalue weighted by Gasteiger charge is 2.25. The van der Waals surface area contributed by atoms with Crippen LogP contribution in [0.2, 0.25) is 0 Å². The van der Waals surface area contributed by atoms with E-state index in [9.17, 15) is 14.3 Å². The van der Waals surface area contributed by atoms with Gasteiger partial charge in [0.05, 0.1) is 42.0 Å². The summed E-state index contributed by atoms with van der Waals surface area (Å²) < 4.78 is 26.0. The third-order valence-electron chi connectivity index (χ3n) is 5.71. The van der Waals surface area contributed by atoms with Gasteiger partial charge in [0.15, 0.2) is 5.82 Å². The highest BCUT2D eigenvalue weighted by Crippen LogP contribution is 2.36. The van der Waals surface area contributed by atoms with Gasteiger partial charge in [0, 0.05) is 11.6 Å². The minimum atomic E-state index is -0.823. The Morgan fingerprint density at radius 3 is 2.85 bits per heavy atom. The molecular formula is C25H26FN3O4. The van der Waals surface area contributed by atoms with Crippen molar-refractivity contribution in [3.8, 4) is 22.9 Å². The topological polar surface area (TPSA) is 94.4 Å². The van der Waals surface area contributed by atoms with Crippen molar-refractivity contribution < 1.29 is 23.8 Å². The normalized spacial score (nSPS) is 15.9. The summed E-state index contributed by atoms with van der Waals surface area (Å²) in [6.45, 7) is 5.74. The van der Waals surface area contributed by atoms with Crippen molar-refractivity contribution >= 4 is 5.97 Å². The maximum atomic E-state index is 14.4. The average Bonchev–Trinajstić information content (AvgIpc) is 2.80. The molecule has 4 rings (SSSR count). The number of nitrogens with zero attached hydrogens (tertiary/aromatic N) is 3. The van der Waals surface area contributed by atoms with Crippen LogP contribution < -0.4 is 9.47 Å². The molecule has 0 saturated heterocycles. The summed E-state index contributed by atoms with van der Waals surface area (Å²) in [5, 5.41) is 9.18. The van der Waals surface area contributed by atoms with Gasteiger partial charge in [-0.05, 0) is 50.3 Å². The average molecular weight is 451 g/mol. The maximum Gasteiger partial charge on any atom is 0.306 e. The lowest BCUT2D eigenvalue weighted by atomic mass is 9.95. The van der Waals surface area contributed by atoms with E-state index in [1.807, 2.05) is 25.1 Å². The molecular weight excluding hydrogens is 425 g/mol. The number of carbonyl (C=O) groups is 1. The number of benzene rings is 1. The molecule has 0 aliphatic carbocycles. The number of aliphatic carboxylic acids is 1. The molecule has 2 aromatic heterocycles. The Bertz CT molecular complexity index is 1180. The van der Waals surface area contributed by atoms with Crippen LogP contribution in [0.1, 0.15) is 48.9 Å². The van der Waals surface area contributed by atoms with E-state index < -0.39 is 17.7 Å². The molecule has 1 N–H and O–H groups in total. The first kappa shape index (κ1) is 22.6. The van der Waals surface area contributed by atoms with Gasteiger partial charge in [0.1, 0.15) is 11.9 Å². The van der Waals surface area contributed by atoms with Crippen LogP contribution in [0.4, 0.5) is 4.39 Å². The molecule has 0 saturated carbocycles. The number of hydrogen-bond acceptors (Lipinski definition) is 6. The van der Waals surface area contributed by atoms with Crippen molar-refractivity contribution in [2.75, 3.05) is 6.61 Å². The minimum absolute atomic E-state index is 0.286. The molecule has 2 atom stereocenters. The van der Waals surface area contributed by atoms with E-state index in [4.69, 9.17) is 9.47 Å². The van der Waals surface area contributed by atoms with Crippen LogP contribution in [0.3, 0.4) is 0 Å². The van der Waals surface area contributed by atoms with E-state index in [-0.39, 0.29) is 11.7 Å². The van der Waals surface area contributed by atoms with E-state index in [0.29, 0.717) is 36.0 Å². The second-order valence-electron chi connectivity index (χ2n) is 8.19. The molecule has 0 fully saturated rings. The third-order valence-corrected chi connectivity index (χ3v) is 5.71. The predicted octanol–water partition coefficient (Wildman–Crippen LogP) is 4.71. The fraction of sp³-hybridized carbons (Fsp3) is 0.360. The number of aromatic nitrogens is 3. The zero-order valence-electron chi connectivity index (χ0n) is 18.8. The Kier molecular flexibility index (Phi) is 6.53. The van der Waals surface area contributed by atoms with Gasteiger partial charge in [-0.15, -0.1) is 0 Å². The van der Waals surface area contributed by atoms with E-state index in [1.54, 1.807) is 20.0 Å². The molecule has 1 aliphatic heterocycles. The molecule has 0 radical (unpaired) electrons. The van der Waals surface area contributed by atoms with Crippen LogP contribution in [0.5, 0.6) is 11.6 Å². The smallest absolute Gasteiger partial charge is 0.306 e. The molecule has 3 aromatic rings. The molecule has 0 bridgehead atoms. The first-order chi connectivity index (χ1) is 15.9. The summed E-state index contributed by atoms with van der Waals surface area (Å²) in [7, 11) is 0. The molecule has 33 heavy (non-hydrogen) atoms. The largest absolute Gasteiger partial charge is 0.484 e. The standard InChI is InChI=1S/C25H26FN3O4/c1-4-32-23-11-18(19(26)12-27-23)24-15(3)29-20(13-28-24)21-8-7-17-6-5-16(10-22(17)33-21)9-14(2)25(30)31/h5-6,10-14,21H,4,7-9H2,1-3H3,(H,30,31). The summed E-state index contributed by atoms with van der Waals surface area (Å²) in [5.74, 6) is -0.711. The first-order valence-corrected chi connectivity index (χ1v) is 11.0. The maximum absolute atomic E-state index is 14.4. The van der Waals surface area contributed by atoms with E-state index in [2.05, 4.69) is 15.0 Å². The summed E-state index contributed by atoms with van der Waals surface area (Å²) in [6.07, 6.45) is 4.45. The third kappa shape index (κ3) is 4.94. The number of fused-ring (bicyclic) bond motifs is 1. The second-order valence-corrected chi connectivity index (χ2v) is 8.19. The quantitative estimate of drug-likeness (QED) is 0.556. The summed E-state index contributed by atoms with van der Waals surface area (Å²) >= 11 is 0. The van der Waals surface area contributed by atoms with Gasteiger partial charge in [-0.1, -0.05) is 19.1 Å². The number of carboxylic acids is 1. The predicted molar refractivity (Wildman–Crippen MR) is 120 cm³/mol. The van der Waals surface area contributed by atoms with Gasteiger partial charge in [-0.3, -0.25) is 14.8 Å². The molecule has 0 amide bonds. The van der Waals surface area contributed by atoms with Crippen molar-refractivity contribution in [3.05, 3.63) is 65.0 Å². The molecule has 3 heterocycles. The lowest BCUT2D eigenvalue weighted by molar-refractivity contribution is -0.141. The highest BCUT2D eigenvalue weighted by molar-refractivity contribution is 5.70. The summed E-state index contributed by atoms with van der Waals surface area (Å²) in [4.78, 5) is 24.3. The van der Waals surface area contributed by atoms with Crippen molar-refractivity contribution in [1.29, 1.82) is 0 Å². The Morgan fingerprint density at radius 2 is 2.12 bits per heavy atom. The van der Waals surface area contributed by atoms with Crippen molar-refractivity contribution in [2.24, 2.45) is 5.92 Å². The van der Waals surface area contributed by atoms with Crippen molar-refractivity contribution in [1.82, 2.24) is 15.0 Å². The molecule has 2 unspecified atom stereocenters. The van der Waals surface area contributed by atoms with Gasteiger partial charge in [-0.25, -0.2) is 9.37 Å². The molecule has 0 spiro atoms. The zero-order valence-corrected chi connectivity index (χ0v) is 18.8. The second kappa shape index (κ2) is 9.52. The van der Waals surface area contributed by atoms with Crippen molar-refractivity contribution in [3.63, 3.8) is 0 Å². The molecule has 8 heteroatoms. The van der Waals surface area contributed by atoms with E-state index in [0.717, 1.165) is 35.9 Å². The van der Waals surface area contributed by atoms with Crippen LogP contribution in [-0.2, 0) is 17.6 Å². The number of hydrogen-bond donors (Lipinski definition) is 1. The fourth-order valence-corrected chi connectivity index (χ4v) is 3.94. The monoisotopic (exact) mass is 451 g/mol. The number of ether oxygens (including phenoxy) is 2. The Balaban J connectivity index is 1.56. The van der Waals surface area contributed by atoms with Gasteiger partial charge < -0.3 is 14.6 Å². The summed E-state index contributed by atoms with van der Waals surface area (Å²) in [5.41, 5.74) is 3.98. The van der Waals surface area contributed by atoms with Gasteiger partial charge in [-0.2, -0.15) is 0 Å². The fourth-order valence-electron chi connectivity index (χ4n) is 3.94. The number of aryl methyl sites for hydroxylation is 2. The summed E-state index contributed by atoms with van der Waals surface area (Å²) in [6, 6.07) is 7.40. The lowest BCUT2D eigenvalue weighted by Crippen LogP contribution is -2.18. The number of carboxylic acid groups (broad SMARTS) is 1. The lowest BCUT2D eigenvalue weighted by Gasteiger charge is -2.26. The van der Waals surface area contributed by atoms with Crippen LogP contribution in [0.15, 0.2) is 36.7 Å².